The minimum absolute atomic E-state index is 0.278. The highest BCUT2D eigenvalue weighted by molar-refractivity contribution is 6.31. The first-order valence-electron chi connectivity index (χ1n) is 7.12. The zero-order valence-electron chi connectivity index (χ0n) is 11.9. The van der Waals surface area contributed by atoms with Crippen LogP contribution in [-0.2, 0) is 6.42 Å². The van der Waals surface area contributed by atoms with E-state index in [1.807, 2.05) is 6.07 Å². The van der Waals surface area contributed by atoms with E-state index in [2.05, 4.69) is 31.2 Å². The Labute approximate surface area is 129 Å². The van der Waals surface area contributed by atoms with Gasteiger partial charge in [-0.1, -0.05) is 42.8 Å². The van der Waals surface area contributed by atoms with Crippen LogP contribution in [0.3, 0.4) is 0 Å². The fourth-order valence-corrected chi connectivity index (χ4v) is 2.73. The second-order valence-corrected chi connectivity index (χ2v) is 5.50. The number of nitrogens with two attached hydrogens (primary N) is 1. The van der Waals surface area contributed by atoms with Gasteiger partial charge in [0.15, 0.2) is 11.5 Å². The van der Waals surface area contributed by atoms with Crippen LogP contribution in [0, 0.1) is 0 Å². The molecular weight excluding hydrogens is 286 g/mol. The van der Waals surface area contributed by atoms with Gasteiger partial charge in [0.05, 0.1) is 6.04 Å². The number of ether oxygens (including phenoxy) is 2. The molecule has 0 aliphatic carbocycles. The Morgan fingerprint density at radius 2 is 1.71 bits per heavy atom. The zero-order valence-corrected chi connectivity index (χ0v) is 12.7. The summed E-state index contributed by atoms with van der Waals surface area (Å²) < 4.78 is 11.1. The highest BCUT2D eigenvalue weighted by Gasteiger charge is 2.19. The minimum atomic E-state index is -0.278. The quantitative estimate of drug-likeness (QED) is 0.940. The molecule has 1 unspecified atom stereocenters. The van der Waals surface area contributed by atoms with Crippen molar-refractivity contribution < 1.29 is 9.47 Å². The molecule has 110 valence electrons. The lowest BCUT2D eigenvalue weighted by Crippen LogP contribution is -2.17. The summed E-state index contributed by atoms with van der Waals surface area (Å²) in [6.07, 6.45) is 1.01. The van der Waals surface area contributed by atoms with Crippen molar-refractivity contribution in [2.45, 2.75) is 19.4 Å². The Kier molecular flexibility index (Phi) is 4.04. The first-order chi connectivity index (χ1) is 10.2. The molecule has 2 N–H and O–H groups in total. The van der Waals surface area contributed by atoms with Gasteiger partial charge < -0.3 is 15.2 Å². The molecule has 1 heterocycles. The molecule has 0 bridgehead atoms. The molecule has 4 heteroatoms. The smallest absolute Gasteiger partial charge is 0.162 e. The molecule has 3 nitrogen and oxygen atoms in total. The molecule has 0 radical (unpaired) electrons. The maximum atomic E-state index is 6.36. The summed E-state index contributed by atoms with van der Waals surface area (Å²) in [5.41, 5.74) is 9.54. The summed E-state index contributed by atoms with van der Waals surface area (Å²) in [7, 11) is 0. The third kappa shape index (κ3) is 2.85. The van der Waals surface area contributed by atoms with Gasteiger partial charge in [-0.3, -0.25) is 0 Å². The first-order valence-corrected chi connectivity index (χ1v) is 7.50. The van der Waals surface area contributed by atoms with E-state index in [0.717, 1.165) is 17.5 Å². The maximum Gasteiger partial charge on any atom is 0.162 e. The predicted molar refractivity (Wildman–Crippen MR) is 84.3 cm³/mol. The molecule has 2 aromatic rings. The number of halogens is 1. The molecule has 3 rings (SSSR count). The Bertz CT molecular complexity index is 640. The number of aryl methyl sites for hydroxylation is 1. The van der Waals surface area contributed by atoms with E-state index in [4.69, 9.17) is 26.8 Å². The lowest BCUT2D eigenvalue weighted by atomic mass is 9.97. The summed E-state index contributed by atoms with van der Waals surface area (Å²) >= 11 is 6.35. The number of rotatable bonds is 3. The lowest BCUT2D eigenvalue weighted by Gasteiger charge is -2.22. The van der Waals surface area contributed by atoms with Crippen LogP contribution in [0.25, 0.3) is 0 Å². The fourth-order valence-electron chi connectivity index (χ4n) is 2.46. The molecule has 0 aromatic heterocycles. The molecule has 0 amide bonds. The van der Waals surface area contributed by atoms with Crippen molar-refractivity contribution >= 4 is 11.6 Å². The summed E-state index contributed by atoms with van der Waals surface area (Å²) in [6, 6.07) is 11.7. The average Bonchev–Trinajstić information content (AvgIpc) is 2.53. The predicted octanol–water partition coefficient (Wildman–Crippen LogP) is 3.72. The number of hydrogen-bond acceptors (Lipinski definition) is 3. The molecule has 1 aliphatic rings. The normalized spacial score (nSPS) is 14.8. The zero-order chi connectivity index (χ0) is 14.8. The van der Waals surface area contributed by atoms with E-state index < -0.39 is 0 Å². The minimum Gasteiger partial charge on any atom is -0.486 e. The van der Waals surface area contributed by atoms with E-state index in [1.54, 1.807) is 6.07 Å². The van der Waals surface area contributed by atoms with Gasteiger partial charge in [0.25, 0.3) is 0 Å². The van der Waals surface area contributed by atoms with Crippen LogP contribution >= 0.6 is 11.6 Å². The molecule has 21 heavy (non-hydrogen) atoms. The summed E-state index contributed by atoms with van der Waals surface area (Å²) in [5.74, 6) is 1.39. The summed E-state index contributed by atoms with van der Waals surface area (Å²) in [6.45, 7) is 3.23. The van der Waals surface area contributed by atoms with Gasteiger partial charge in [0.1, 0.15) is 13.2 Å². The highest BCUT2D eigenvalue weighted by Crippen LogP contribution is 2.38. The molecule has 1 atom stereocenters. The largest absolute Gasteiger partial charge is 0.486 e. The van der Waals surface area contributed by atoms with Crippen LogP contribution in [0.4, 0.5) is 0 Å². The SMILES string of the molecule is CCc1ccc(C(N)c2cc3c(cc2Cl)OCCO3)cc1. The van der Waals surface area contributed by atoms with Crippen molar-refractivity contribution in [2.75, 3.05) is 13.2 Å². The second kappa shape index (κ2) is 5.96. The van der Waals surface area contributed by atoms with Crippen LogP contribution in [-0.4, -0.2) is 13.2 Å². The van der Waals surface area contributed by atoms with Gasteiger partial charge in [-0.2, -0.15) is 0 Å². The number of benzene rings is 2. The van der Waals surface area contributed by atoms with Crippen molar-refractivity contribution in [3.05, 3.63) is 58.1 Å². The maximum absolute atomic E-state index is 6.36. The standard InChI is InChI=1S/C17H18ClNO2/c1-2-11-3-5-12(6-4-11)17(19)13-9-15-16(10-14(13)18)21-8-7-20-15/h3-6,9-10,17H,2,7-8,19H2,1H3. The third-order valence-corrected chi connectivity index (χ3v) is 4.07. The van der Waals surface area contributed by atoms with Gasteiger partial charge in [-0.15, -0.1) is 0 Å². The van der Waals surface area contributed by atoms with Gasteiger partial charge in [-0.05, 0) is 29.2 Å². The van der Waals surface area contributed by atoms with Gasteiger partial charge in [-0.25, -0.2) is 0 Å². The molecular formula is C17H18ClNO2. The molecule has 2 aromatic carbocycles. The summed E-state index contributed by atoms with van der Waals surface area (Å²) in [5, 5.41) is 0.603. The lowest BCUT2D eigenvalue weighted by molar-refractivity contribution is 0.171. The van der Waals surface area contributed by atoms with Gasteiger partial charge >= 0.3 is 0 Å². The molecule has 1 aliphatic heterocycles. The van der Waals surface area contributed by atoms with Crippen molar-refractivity contribution in [1.29, 1.82) is 0 Å². The van der Waals surface area contributed by atoms with Crippen molar-refractivity contribution in [3.8, 4) is 11.5 Å². The Morgan fingerprint density at radius 3 is 2.33 bits per heavy atom. The van der Waals surface area contributed by atoms with E-state index in [0.29, 0.717) is 29.7 Å². The van der Waals surface area contributed by atoms with Crippen LogP contribution in [0.2, 0.25) is 5.02 Å². The van der Waals surface area contributed by atoms with E-state index in [9.17, 15) is 0 Å². The van der Waals surface area contributed by atoms with Crippen molar-refractivity contribution in [2.24, 2.45) is 5.73 Å². The average molecular weight is 304 g/mol. The Balaban J connectivity index is 1.94. The van der Waals surface area contributed by atoms with E-state index in [-0.39, 0.29) is 6.04 Å². The van der Waals surface area contributed by atoms with E-state index in [1.165, 1.54) is 5.56 Å². The number of fused-ring (bicyclic) bond motifs is 1. The molecule has 0 fully saturated rings. The van der Waals surface area contributed by atoms with E-state index >= 15 is 0 Å². The van der Waals surface area contributed by atoms with Gasteiger partial charge in [0.2, 0.25) is 0 Å². The van der Waals surface area contributed by atoms with Crippen molar-refractivity contribution in [1.82, 2.24) is 0 Å². The third-order valence-electron chi connectivity index (χ3n) is 3.74. The van der Waals surface area contributed by atoms with Crippen molar-refractivity contribution in [3.63, 3.8) is 0 Å². The topological polar surface area (TPSA) is 44.5 Å². The molecule has 0 spiro atoms. The number of hydrogen-bond donors (Lipinski definition) is 1. The van der Waals surface area contributed by atoms with Crippen LogP contribution < -0.4 is 15.2 Å². The second-order valence-electron chi connectivity index (χ2n) is 5.09. The Morgan fingerprint density at radius 1 is 1.10 bits per heavy atom. The highest BCUT2D eigenvalue weighted by atomic mass is 35.5. The summed E-state index contributed by atoms with van der Waals surface area (Å²) in [4.78, 5) is 0. The van der Waals surface area contributed by atoms with Gasteiger partial charge in [0, 0.05) is 11.1 Å². The molecule has 0 saturated heterocycles. The molecule has 0 saturated carbocycles. The van der Waals surface area contributed by atoms with Crippen LogP contribution in [0.1, 0.15) is 29.7 Å². The van der Waals surface area contributed by atoms with Crippen LogP contribution in [0.5, 0.6) is 11.5 Å². The fraction of sp³-hybridized carbons (Fsp3) is 0.294. The van der Waals surface area contributed by atoms with Crippen LogP contribution in [0.15, 0.2) is 36.4 Å². The monoisotopic (exact) mass is 303 g/mol. The Hall–Kier alpha value is -1.71. The first kappa shape index (κ1) is 14.2.